The highest BCUT2D eigenvalue weighted by molar-refractivity contribution is 5.77. The normalized spacial score (nSPS) is 17.4. The number of benzene rings is 1. The first kappa shape index (κ1) is 11.7. The molecule has 0 unspecified atom stereocenters. The Kier molecular flexibility index (Phi) is 3.08. The van der Waals surface area contributed by atoms with Crippen molar-refractivity contribution in [2.45, 2.75) is 33.1 Å². The molecule has 0 spiro atoms. The van der Waals surface area contributed by atoms with E-state index in [1.807, 2.05) is 0 Å². The number of piperidine rings is 1. The molecule has 3 nitrogen and oxygen atoms in total. The highest BCUT2D eigenvalue weighted by Crippen LogP contribution is 2.21. The Labute approximate surface area is 108 Å². The summed E-state index contributed by atoms with van der Waals surface area (Å²) in [7, 11) is 0. The smallest absolute Gasteiger partial charge is 0.107 e. The zero-order valence-corrected chi connectivity index (χ0v) is 11.2. The average Bonchev–Trinajstić information content (AvgIpc) is 2.72. The summed E-state index contributed by atoms with van der Waals surface area (Å²) in [5.41, 5.74) is 4.95. The van der Waals surface area contributed by atoms with Crippen LogP contribution in [-0.2, 0) is 6.42 Å². The quantitative estimate of drug-likeness (QED) is 0.851. The van der Waals surface area contributed by atoms with Crippen molar-refractivity contribution < 1.29 is 0 Å². The highest BCUT2D eigenvalue weighted by Gasteiger charge is 2.15. The van der Waals surface area contributed by atoms with Gasteiger partial charge < -0.3 is 10.3 Å². The number of rotatable bonds is 2. The Bertz CT molecular complexity index is 511. The van der Waals surface area contributed by atoms with Crippen molar-refractivity contribution in [3.05, 3.63) is 29.1 Å². The standard InChI is InChI=1S/C15H21N3/c1-10-7-13-14(8-11(10)2)18-15(17-13)9-12-3-5-16-6-4-12/h7-8,12,16H,3-6,9H2,1-2H3,(H,17,18). The fraction of sp³-hybridized carbons (Fsp3) is 0.533. The Morgan fingerprint density at radius 3 is 2.67 bits per heavy atom. The van der Waals surface area contributed by atoms with Gasteiger partial charge in [-0.3, -0.25) is 0 Å². The van der Waals surface area contributed by atoms with E-state index in [0.29, 0.717) is 0 Å². The van der Waals surface area contributed by atoms with Crippen LogP contribution in [0.15, 0.2) is 12.1 Å². The molecule has 18 heavy (non-hydrogen) atoms. The van der Waals surface area contributed by atoms with E-state index in [1.165, 1.54) is 29.5 Å². The fourth-order valence-corrected chi connectivity index (χ4v) is 2.78. The van der Waals surface area contributed by atoms with E-state index < -0.39 is 0 Å². The van der Waals surface area contributed by atoms with Gasteiger partial charge in [-0.15, -0.1) is 0 Å². The maximum absolute atomic E-state index is 4.73. The molecule has 0 aliphatic carbocycles. The minimum Gasteiger partial charge on any atom is -0.342 e. The number of imidazole rings is 1. The molecule has 1 aromatic heterocycles. The van der Waals surface area contributed by atoms with Crippen molar-refractivity contribution in [1.29, 1.82) is 0 Å². The molecule has 96 valence electrons. The number of hydrogen-bond donors (Lipinski definition) is 2. The molecule has 1 aliphatic rings. The number of H-pyrrole nitrogens is 1. The molecule has 0 amide bonds. The lowest BCUT2D eigenvalue weighted by Gasteiger charge is -2.21. The predicted octanol–water partition coefficient (Wildman–Crippen LogP) is 2.72. The van der Waals surface area contributed by atoms with Gasteiger partial charge in [-0.05, 0) is 69.0 Å². The Hall–Kier alpha value is -1.35. The fourth-order valence-electron chi connectivity index (χ4n) is 2.78. The van der Waals surface area contributed by atoms with Crippen LogP contribution >= 0.6 is 0 Å². The molecule has 1 aliphatic heterocycles. The SMILES string of the molecule is Cc1cc2nc(CC3CCNCC3)[nH]c2cc1C. The van der Waals surface area contributed by atoms with Gasteiger partial charge >= 0.3 is 0 Å². The van der Waals surface area contributed by atoms with E-state index in [4.69, 9.17) is 4.98 Å². The number of aryl methyl sites for hydroxylation is 2. The van der Waals surface area contributed by atoms with Crippen molar-refractivity contribution >= 4 is 11.0 Å². The number of fused-ring (bicyclic) bond motifs is 1. The molecule has 2 N–H and O–H groups in total. The van der Waals surface area contributed by atoms with Gasteiger partial charge in [-0.25, -0.2) is 4.98 Å². The second-order valence-electron chi connectivity index (χ2n) is 5.53. The molecule has 0 atom stereocenters. The molecular formula is C15H21N3. The van der Waals surface area contributed by atoms with E-state index in [-0.39, 0.29) is 0 Å². The second kappa shape index (κ2) is 4.73. The van der Waals surface area contributed by atoms with Crippen molar-refractivity contribution in [1.82, 2.24) is 15.3 Å². The van der Waals surface area contributed by atoms with Crippen LogP contribution in [0.4, 0.5) is 0 Å². The summed E-state index contributed by atoms with van der Waals surface area (Å²) in [4.78, 5) is 8.21. The van der Waals surface area contributed by atoms with Crippen LogP contribution in [-0.4, -0.2) is 23.1 Å². The van der Waals surface area contributed by atoms with Crippen LogP contribution in [0.5, 0.6) is 0 Å². The summed E-state index contributed by atoms with van der Waals surface area (Å²) >= 11 is 0. The minimum absolute atomic E-state index is 0.786. The van der Waals surface area contributed by atoms with Crippen molar-refractivity contribution in [3.8, 4) is 0 Å². The molecule has 0 saturated carbocycles. The molecule has 2 aromatic rings. The number of nitrogens with one attached hydrogen (secondary N) is 2. The van der Waals surface area contributed by atoms with Crippen LogP contribution in [0, 0.1) is 19.8 Å². The molecule has 3 heteroatoms. The topological polar surface area (TPSA) is 40.7 Å². The third-order valence-corrected chi connectivity index (χ3v) is 4.09. The maximum Gasteiger partial charge on any atom is 0.107 e. The van der Waals surface area contributed by atoms with Crippen LogP contribution < -0.4 is 5.32 Å². The Balaban J connectivity index is 1.84. The van der Waals surface area contributed by atoms with Gasteiger partial charge in [0.15, 0.2) is 0 Å². The van der Waals surface area contributed by atoms with E-state index >= 15 is 0 Å². The van der Waals surface area contributed by atoms with E-state index in [0.717, 1.165) is 36.8 Å². The van der Waals surface area contributed by atoms with Crippen LogP contribution in [0.1, 0.15) is 29.8 Å². The van der Waals surface area contributed by atoms with Gasteiger partial charge in [-0.1, -0.05) is 0 Å². The van der Waals surface area contributed by atoms with Crippen molar-refractivity contribution in [3.63, 3.8) is 0 Å². The molecular weight excluding hydrogens is 222 g/mol. The van der Waals surface area contributed by atoms with Gasteiger partial charge in [0, 0.05) is 6.42 Å². The molecule has 3 rings (SSSR count). The molecule has 1 saturated heterocycles. The van der Waals surface area contributed by atoms with Gasteiger partial charge in [0.25, 0.3) is 0 Å². The summed E-state index contributed by atoms with van der Waals surface area (Å²) in [6.07, 6.45) is 3.64. The lowest BCUT2D eigenvalue weighted by molar-refractivity contribution is 0.368. The summed E-state index contributed by atoms with van der Waals surface area (Å²) in [5, 5.41) is 3.41. The molecule has 1 aromatic carbocycles. The first-order chi connectivity index (χ1) is 8.72. The highest BCUT2D eigenvalue weighted by atomic mass is 14.9. The number of aromatic nitrogens is 2. The number of aromatic amines is 1. The Morgan fingerprint density at radius 1 is 1.17 bits per heavy atom. The summed E-state index contributed by atoms with van der Waals surface area (Å²) in [6, 6.07) is 4.40. The summed E-state index contributed by atoms with van der Waals surface area (Å²) in [5.74, 6) is 1.94. The van der Waals surface area contributed by atoms with Gasteiger partial charge in [0.1, 0.15) is 5.82 Å². The first-order valence-electron chi connectivity index (χ1n) is 6.89. The molecule has 2 heterocycles. The molecule has 0 radical (unpaired) electrons. The molecule has 0 bridgehead atoms. The monoisotopic (exact) mass is 243 g/mol. The van der Waals surface area contributed by atoms with Crippen molar-refractivity contribution in [2.24, 2.45) is 5.92 Å². The second-order valence-corrected chi connectivity index (χ2v) is 5.53. The largest absolute Gasteiger partial charge is 0.342 e. The zero-order chi connectivity index (χ0) is 12.5. The lowest BCUT2D eigenvalue weighted by Crippen LogP contribution is -2.28. The van der Waals surface area contributed by atoms with E-state index in [1.54, 1.807) is 0 Å². The van der Waals surface area contributed by atoms with Gasteiger partial charge in [0.05, 0.1) is 11.0 Å². The predicted molar refractivity (Wildman–Crippen MR) is 74.9 cm³/mol. The number of nitrogens with zero attached hydrogens (tertiary/aromatic N) is 1. The zero-order valence-electron chi connectivity index (χ0n) is 11.2. The summed E-state index contributed by atoms with van der Waals surface area (Å²) in [6.45, 7) is 6.62. The summed E-state index contributed by atoms with van der Waals surface area (Å²) < 4.78 is 0. The van der Waals surface area contributed by atoms with Gasteiger partial charge in [0.2, 0.25) is 0 Å². The van der Waals surface area contributed by atoms with Crippen LogP contribution in [0.25, 0.3) is 11.0 Å². The van der Waals surface area contributed by atoms with Crippen LogP contribution in [0.3, 0.4) is 0 Å². The number of hydrogen-bond acceptors (Lipinski definition) is 2. The maximum atomic E-state index is 4.73. The Morgan fingerprint density at radius 2 is 1.89 bits per heavy atom. The molecule has 1 fully saturated rings. The van der Waals surface area contributed by atoms with Gasteiger partial charge in [-0.2, -0.15) is 0 Å². The van der Waals surface area contributed by atoms with E-state index in [2.05, 4.69) is 36.3 Å². The van der Waals surface area contributed by atoms with E-state index in [9.17, 15) is 0 Å². The third-order valence-electron chi connectivity index (χ3n) is 4.09. The minimum atomic E-state index is 0.786. The lowest BCUT2D eigenvalue weighted by atomic mass is 9.94. The first-order valence-corrected chi connectivity index (χ1v) is 6.89. The van der Waals surface area contributed by atoms with Crippen LogP contribution in [0.2, 0.25) is 0 Å². The third kappa shape index (κ3) is 2.27. The van der Waals surface area contributed by atoms with Crippen molar-refractivity contribution in [2.75, 3.05) is 13.1 Å². The average molecular weight is 243 g/mol.